The van der Waals surface area contributed by atoms with Gasteiger partial charge in [-0.2, -0.15) is 0 Å². The van der Waals surface area contributed by atoms with Crippen LogP contribution < -0.4 is 9.64 Å². The average molecular weight is 732 g/mol. The van der Waals surface area contributed by atoms with E-state index in [1.165, 1.54) is 69.9 Å². The van der Waals surface area contributed by atoms with Gasteiger partial charge in [0.05, 0.1) is 11.1 Å². The zero-order valence-corrected chi connectivity index (χ0v) is 31.1. The Balaban J connectivity index is 1.09. The van der Waals surface area contributed by atoms with Gasteiger partial charge in [0.2, 0.25) is 0 Å². The minimum absolute atomic E-state index is 0.578. The molecule has 2 aliphatic rings. The van der Waals surface area contributed by atoms with Crippen molar-refractivity contribution in [2.24, 2.45) is 0 Å². The van der Waals surface area contributed by atoms with Gasteiger partial charge in [-0.3, -0.25) is 0 Å². The van der Waals surface area contributed by atoms with E-state index in [2.05, 4.69) is 205 Å². The second-order valence-corrected chi connectivity index (χ2v) is 15.8. The number of thiophene rings is 1. The molecule has 0 N–H and O–H groups in total. The van der Waals surface area contributed by atoms with E-state index in [0.717, 1.165) is 34.1 Å². The minimum atomic E-state index is -0.578. The van der Waals surface area contributed by atoms with Crippen LogP contribution >= 0.6 is 11.3 Å². The van der Waals surface area contributed by atoms with E-state index in [1.54, 1.807) is 0 Å². The second-order valence-electron chi connectivity index (χ2n) is 14.8. The Morgan fingerprint density at radius 2 is 1.07 bits per heavy atom. The molecule has 9 aromatic carbocycles. The first-order chi connectivity index (χ1) is 27.8. The van der Waals surface area contributed by atoms with Crippen LogP contribution in [0.15, 0.2) is 200 Å². The van der Waals surface area contributed by atoms with Gasteiger partial charge in [0.1, 0.15) is 11.5 Å². The predicted octanol–water partition coefficient (Wildman–Crippen LogP) is 14.8. The zero-order chi connectivity index (χ0) is 36.8. The van der Waals surface area contributed by atoms with Crippen LogP contribution in [0.25, 0.3) is 53.2 Å². The van der Waals surface area contributed by atoms with Gasteiger partial charge in [-0.15, -0.1) is 11.3 Å². The minimum Gasteiger partial charge on any atom is -0.457 e. The van der Waals surface area contributed by atoms with Gasteiger partial charge >= 0.3 is 0 Å². The van der Waals surface area contributed by atoms with Crippen molar-refractivity contribution in [1.82, 2.24) is 0 Å². The van der Waals surface area contributed by atoms with Gasteiger partial charge in [0, 0.05) is 48.2 Å². The lowest BCUT2D eigenvalue weighted by atomic mass is 9.66. The highest BCUT2D eigenvalue weighted by molar-refractivity contribution is 7.26. The molecule has 2 heterocycles. The summed E-state index contributed by atoms with van der Waals surface area (Å²) in [6, 6.07) is 73.1. The Kier molecular flexibility index (Phi) is 6.75. The number of ether oxygens (including phenoxy) is 1. The molecule has 0 radical (unpaired) electrons. The van der Waals surface area contributed by atoms with Crippen molar-refractivity contribution in [3.63, 3.8) is 0 Å². The smallest absolute Gasteiger partial charge is 0.132 e. The Bertz CT molecular complexity index is 3180. The molecule has 12 rings (SSSR count). The summed E-state index contributed by atoms with van der Waals surface area (Å²) >= 11 is 1.88. The first kappa shape index (κ1) is 31.4. The number of rotatable bonds is 4. The number of hydrogen-bond donors (Lipinski definition) is 0. The van der Waals surface area contributed by atoms with E-state index in [9.17, 15) is 0 Å². The molecule has 1 aromatic heterocycles. The Hall–Kier alpha value is -6.94. The van der Waals surface area contributed by atoms with Crippen LogP contribution in [-0.2, 0) is 5.41 Å². The molecule has 56 heavy (non-hydrogen) atoms. The standard InChI is InChI=1S/C53H33NOS/c1-2-16-37(17-3-1)54(38-30-28-34(29-31-38)39-20-12-21-41-40-18-7-11-27-50(40)56-52(39)41)47-25-13-24-45-51(47)42-19-6-8-22-43(42)53(45)44-23-9-10-26-48(44)55-49-33-36-15-5-4-14-35(36)32-46(49)53/h1-33H. The molecule has 0 amide bonds. The SMILES string of the molecule is c1ccc(N(c2ccc(-c3cccc4c3sc3ccccc34)cc2)c2cccc3c2-c2ccccc2C32c3ccccc3Oc3cc4ccccc4cc32)cc1. The first-order valence-corrected chi connectivity index (χ1v) is 20.0. The highest BCUT2D eigenvalue weighted by atomic mass is 32.1. The molecular weight excluding hydrogens is 699 g/mol. The highest BCUT2D eigenvalue weighted by Gasteiger charge is 2.52. The summed E-state index contributed by atoms with van der Waals surface area (Å²) in [6.07, 6.45) is 0. The molecule has 1 aliphatic carbocycles. The van der Waals surface area contributed by atoms with Crippen LogP contribution in [0.5, 0.6) is 11.5 Å². The van der Waals surface area contributed by atoms with E-state index in [4.69, 9.17) is 4.74 Å². The van der Waals surface area contributed by atoms with E-state index < -0.39 is 5.41 Å². The Morgan fingerprint density at radius 1 is 0.429 bits per heavy atom. The summed E-state index contributed by atoms with van der Waals surface area (Å²) in [5, 5.41) is 5.01. The van der Waals surface area contributed by atoms with Crippen LogP contribution in [0.1, 0.15) is 22.3 Å². The summed E-state index contributed by atoms with van der Waals surface area (Å²) in [5.41, 5.74) is 12.6. The molecular formula is C53H33NOS. The molecule has 1 aliphatic heterocycles. The Morgan fingerprint density at radius 3 is 1.95 bits per heavy atom. The van der Waals surface area contributed by atoms with Crippen molar-refractivity contribution >= 4 is 59.3 Å². The van der Waals surface area contributed by atoms with Crippen molar-refractivity contribution < 1.29 is 4.74 Å². The van der Waals surface area contributed by atoms with Crippen molar-refractivity contribution in [2.75, 3.05) is 4.90 Å². The number of benzene rings is 9. The molecule has 1 atom stereocenters. The Labute approximate surface area is 329 Å². The maximum Gasteiger partial charge on any atom is 0.132 e. The second kappa shape index (κ2) is 12.0. The van der Waals surface area contributed by atoms with Crippen molar-refractivity contribution in [2.45, 2.75) is 5.41 Å². The number of hydrogen-bond acceptors (Lipinski definition) is 3. The number of fused-ring (bicyclic) bond motifs is 13. The predicted molar refractivity (Wildman–Crippen MR) is 234 cm³/mol. The van der Waals surface area contributed by atoms with Crippen LogP contribution in [0.2, 0.25) is 0 Å². The maximum atomic E-state index is 6.80. The van der Waals surface area contributed by atoms with Crippen molar-refractivity contribution in [3.8, 4) is 33.8 Å². The first-order valence-electron chi connectivity index (χ1n) is 19.2. The molecule has 10 aromatic rings. The molecule has 1 unspecified atom stereocenters. The topological polar surface area (TPSA) is 12.5 Å². The van der Waals surface area contributed by atoms with E-state index in [0.29, 0.717) is 0 Å². The van der Waals surface area contributed by atoms with Gasteiger partial charge in [-0.05, 0) is 93.2 Å². The van der Waals surface area contributed by atoms with E-state index in [-0.39, 0.29) is 0 Å². The molecule has 2 nitrogen and oxygen atoms in total. The molecule has 262 valence electrons. The van der Waals surface area contributed by atoms with Gasteiger partial charge in [0.15, 0.2) is 0 Å². The third-order valence-electron chi connectivity index (χ3n) is 11.9. The molecule has 3 heteroatoms. The van der Waals surface area contributed by atoms with Crippen molar-refractivity contribution in [3.05, 3.63) is 222 Å². The molecule has 0 fully saturated rings. The summed E-state index contributed by atoms with van der Waals surface area (Å²) in [5.74, 6) is 1.80. The lowest BCUT2D eigenvalue weighted by molar-refractivity contribution is 0.437. The summed E-state index contributed by atoms with van der Waals surface area (Å²) in [4.78, 5) is 2.44. The number of nitrogens with zero attached hydrogens (tertiary/aromatic N) is 1. The fourth-order valence-electron chi connectivity index (χ4n) is 9.57. The normalized spacial score (nSPS) is 15.0. The molecule has 1 spiro atoms. The lowest BCUT2D eigenvalue weighted by Gasteiger charge is -2.39. The summed E-state index contributed by atoms with van der Waals surface area (Å²) in [7, 11) is 0. The lowest BCUT2D eigenvalue weighted by Crippen LogP contribution is -2.32. The number of para-hydroxylation sites is 2. The quantitative estimate of drug-likeness (QED) is 0.179. The van der Waals surface area contributed by atoms with Gasteiger partial charge in [-0.25, -0.2) is 0 Å². The monoisotopic (exact) mass is 731 g/mol. The average Bonchev–Trinajstić information content (AvgIpc) is 3.79. The fourth-order valence-corrected chi connectivity index (χ4v) is 10.8. The maximum absolute atomic E-state index is 6.80. The summed E-state index contributed by atoms with van der Waals surface area (Å²) in [6.45, 7) is 0. The van der Waals surface area contributed by atoms with Gasteiger partial charge in [0.25, 0.3) is 0 Å². The van der Waals surface area contributed by atoms with E-state index >= 15 is 0 Å². The highest BCUT2D eigenvalue weighted by Crippen LogP contribution is 2.64. The summed E-state index contributed by atoms with van der Waals surface area (Å²) < 4.78 is 9.45. The molecule has 0 bridgehead atoms. The van der Waals surface area contributed by atoms with Gasteiger partial charge < -0.3 is 9.64 Å². The van der Waals surface area contributed by atoms with Crippen LogP contribution in [0.3, 0.4) is 0 Å². The fraction of sp³-hybridized carbons (Fsp3) is 0.0189. The van der Waals surface area contributed by atoms with Crippen molar-refractivity contribution in [1.29, 1.82) is 0 Å². The third-order valence-corrected chi connectivity index (χ3v) is 13.1. The van der Waals surface area contributed by atoms with Crippen LogP contribution in [0, 0.1) is 0 Å². The molecule has 0 saturated heterocycles. The largest absolute Gasteiger partial charge is 0.457 e. The molecule has 0 saturated carbocycles. The van der Waals surface area contributed by atoms with E-state index in [1.807, 2.05) is 11.3 Å². The van der Waals surface area contributed by atoms with Gasteiger partial charge in [-0.1, -0.05) is 146 Å². The third kappa shape index (κ3) is 4.38. The van der Waals surface area contributed by atoms with Crippen LogP contribution in [-0.4, -0.2) is 0 Å². The number of anilines is 3. The zero-order valence-electron chi connectivity index (χ0n) is 30.3. The van der Waals surface area contributed by atoms with Crippen LogP contribution in [0.4, 0.5) is 17.1 Å².